The Bertz CT molecular complexity index is 1170. The van der Waals surface area contributed by atoms with Crippen LogP contribution in [-0.2, 0) is 11.3 Å². The van der Waals surface area contributed by atoms with E-state index in [-0.39, 0.29) is 17.6 Å². The fraction of sp³-hybridized carbons (Fsp3) is 0.182. The first-order valence-corrected chi connectivity index (χ1v) is 12.7. The zero-order chi connectivity index (χ0) is 24.0. The van der Waals surface area contributed by atoms with E-state index in [1.807, 2.05) is 29.7 Å². The van der Waals surface area contributed by atoms with Crippen LogP contribution < -0.4 is 10.6 Å². The van der Waals surface area contributed by atoms with Gasteiger partial charge in [0.05, 0.1) is 17.5 Å². The summed E-state index contributed by atoms with van der Waals surface area (Å²) >= 11 is 14.0. The zero-order valence-corrected chi connectivity index (χ0v) is 22.3. The fourth-order valence-corrected chi connectivity index (χ4v) is 4.47. The summed E-state index contributed by atoms with van der Waals surface area (Å²) in [6.07, 6.45) is 1.71. The van der Waals surface area contributed by atoms with Crippen LogP contribution in [0.5, 0.6) is 0 Å². The van der Waals surface area contributed by atoms with Crippen molar-refractivity contribution in [1.29, 1.82) is 0 Å². The molecule has 2 amide bonds. The minimum Gasteiger partial charge on any atom is -0.342 e. The summed E-state index contributed by atoms with van der Waals surface area (Å²) in [6, 6.07) is 11.8. The van der Waals surface area contributed by atoms with E-state index < -0.39 is 6.04 Å². The van der Waals surface area contributed by atoms with Crippen molar-refractivity contribution in [1.82, 2.24) is 20.1 Å². The van der Waals surface area contributed by atoms with Gasteiger partial charge in [-0.2, -0.15) is 0 Å². The number of hydrogen-bond acceptors (Lipinski definition) is 5. The van der Waals surface area contributed by atoms with Gasteiger partial charge in [-0.25, -0.2) is 0 Å². The molecule has 0 saturated carbocycles. The molecule has 0 aliphatic carbocycles. The van der Waals surface area contributed by atoms with E-state index >= 15 is 0 Å². The molecule has 0 fully saturated rings. The fourth-order valence-electron chi connectivity index (χ4n) is 2.88. The highest BCUT2D eigenvalue weighted by molar-refractivity contribution is 9.11. The van der Waals surface area contributed by atoms with Gasteiger partial charge in [0.1, 0.15) is 0 Å². The number of anilines is 1. The average molecular weight is 614 g/mol. The van der Waals surface area contributed by atoms with Gasteiger partial charge in [-0.1, -0.05) is 45.4 Å². The molecule has 1 heterocycles. The lowest BCUT2D eigenvalue weighted by molar-refractivity contribution is -0.113. The summed E-state index contributed by atoms with van der Waals surface area (Å²) in [5.41, 5.74) is 1.16. The molecule has 33 heavy (non-hydrogen) atoms. The van der Waals surface area contributed by atoms with E-state index in [1.165, 1.54) is 11.8 Å². The van der Waals surface area contributed by atoms with Crippen LogP contribution in [0.4, 0.5) is 5.69 Å². The van der Waals surface area contributed by atoms with Crippen LogP contribution in [0.3, 0.4) is 0 Å². The minimum atomic E-state index is -0.415. The highest BCUT2D eigenvalue weighted by atomic mass is 79.9. The molecule has 0 unspecified atom stereocenters. The standard InChI is InChI=1S/C22H20Br2ClN5O2S/c1-3-10-30-20(13(2)26-21(32)14-4-7-16(25)8-5-14)28-29-22(30)33-12-19(31)27-18-11-15(23)6-9-17(18)24/h3-9,11,13H,1,10,12H2,2H3,(H,26,32)(H,27,31)/t13-/m1/s1. The molecule has 0 aliphatic heterocycles. The van der Waals surface area contributed by atoms with Gasteiger partial charge in [0.2, 0.25) is 5.91 Å². The third-order valence-corrected chi connectivity index (χ3v) is 6.84. The number of nitrogens with one attached hydrogen (secondary N) is 2. The van der Waals surface area contributed by atoms with Crippen molar-refractivity contribution in [2.75, 3.05) is 11.1 Å². The van der Waals surface area contributed by atoms with Crippen LogP contribution >= 0.6 is 55.2 Å². The average Bonchev–Trinajstić information content (AvgIpc) is 3.18. The predicted molar refractivity (Wildman–Crippen MR) is 139 cm³/mol. The van der Waals surface area contributed by atoms with Crippen molar-refractivity contribution in [3.05, 3.63) is 80.5 Å². The van der Waals surface area contributed by atoms with Crippen molar-refractivity contribution in [2.45, 2.75) is 24.7 Å². The Kier molecular flexibility index (Phi) is 9.13. The van der Waals surface area contributed by atoms with Crippen molar-refractivity contribution < 1.29 is 9.59 Å². The number of rotatable bonds is 9. The summed E-state index contributed by atoms with van der Waals surface area (Å²) < 4.78 is 3.47. The molecule has 0 aliphatic rings. The Morgan fingerprint density at radius 1 is 1.21 bits per heavy atom. The Morgan fingerprint density at radius 2 is 1.94 bits per heavy atom. The molecule has 7 nitrogen and oxygen atoms in total. The van der Waals surface area contributed by atoms with Crippen molar-refractivity contribution in [2.24, 2.45) is 0 Å². The second-order valence-corrected chi connectivity index (χ2v) is 10.1. The largest absolute Gasteiger partial charge is 0.342 e. The summed E-state index contributed by atoms with van der Waals surface area (Å²) in [5.74, 6) is 0.271. The van der Waals surface area contributed by atoms with Crippen LogP contribution in [0.1, 0.15) is 29.1 Å². The van der Waals surface area contributed by atoms with Gasteiger partial charge in [0.15, 0.2) is 11.0 Å². The predicted octanol–water partition coefficient (Wildman–Crippen LogP) is 5.86. The Hall–Kier alpha value is -2.14. The lowest BCUT2D eigenvalue weighted by atomic mass is 10.2. The maximum absolute atomic E-state index is 12.6. The van der Waals surface area contributed by atoms with E-state index in [4.69, 9.17) is 11.6 Å². The van der Waals surface area contributed by atoms with Crippen LogP contribution in [0.15, 0.2) is 69.2 Å². The van der Waals surface area contributed by atoms with Crippen LogP contribution in [0.2, 0.25) is 5.02 Å². The smallest absolute Gasteiger partial charge is 0.251 e. The summed E-state index contributed by atoms with van der Waals surface area (Å²) in [7, 11) is 0. The first-order chi connectivity index (χ1) is 15.8. The normalized spacial score (nSPS) is 11.6. The van der Waals surface area contributed by atoms with Crippen molar-refractivity contribution in [3.8, 4) is 0 Å². The number of benzene rings is 2. The lowest BCUT2D eigenvalue weighted by Crippen LogP contribution is -2.28. The molecule has 0 saturated heterocycles. The van der Waals surface area contributed by atoms with Crippen LogP contribution in [0, 0.1) is 0 Å². The highest BCUT2D eigenvalue weighted by Gasteiger charge is 2.20. The molecule has 11 heteroatoms. The van der Waals surface area contributed by atoms with E-state index in [1.54, 1.807) is 30.3 Å². The van der Waals surface area contributed by atoms with Crippen molar-refractivity contribution in [3.63, 3.8) is 0 Å². The first kappa shape index (κ1) is 25.5. The monoisotopic (exact) mass is 611 g/mol. The minimum absolute atomic E-state index is 0.139. The molecule has 3 aromatic rings. The Labute approximate surface area is 217 Å². The van der Waals surface area contributed by atoms with E-state index in [2.05, 4.69) is 59.3 Å². The van der Waals surface area contributed by atoms with Gasteiger partial charge >= 0.3 is 0 Å². The maximum atomic E-state index is 12.6. The Morgan fingerprint density at radius 3 is 2.64 bits per heavy atom. The van der Waals surface area contributed by atoms with E-state index in [0.29, 0.717) is 33.8 Å². The number of thioether (sulfide) groups is 1. The van der Waals surface area contributed by atoms with Crippen LogP contribution in [0.25, 0.3) is 0 Å². The molecule has 172 valence electrons. The molecular weight excluding hydrogens is 594 g/mol. The van der Waals surface area contributed by atoms with Gasteiger partial charge in [-0.05, 0) is 65.3 Å². The Balaban J connectivity index is 1.67. The molecule has 0 radical (unpaired) electrons. The zero-order valence-electron chi connectivity index (χ0n) is 17.5. The van der Waals surface area contributed by atoms with Gasteiger partial charge in [-0.3, -0.25) is 9.59 Å². The third kappa shape index (κ3) is 6.92. The molecule has 1 atom stereocenters. The number of hydrogen-bond donors (Lipinski definition) is 2. The number of nitrogens with zero attached hydrogens (tertiary/aromatic N) is 3. The van der Waals surface area contributed by atoms with E-state index in [9.17, 15) is 9.59 Å². The molecule has 3 rings (SSSR count). The SMILES string of the molecule is C=CCn1c(SCC(=O)Nc2cc(Br)ccc2Br)nnc1[C@@H](C)NC(=O)c1ccc(Cl)cc1. The number of allylic oxidation sites excluding steroid dienone is 1. The maximum Gasteiger partial charge on any atom is 0.251 e. The van der Waals surface area contributed by atoms with E-state index in [0.717, 1.165) is 8.95 Å². The molecule has 0 bridgehead atoms. The molecule has 2 N–H and O–H groups in total. The van der Waals surface area contributed by atoms with Gasteiger partial charge in [-0.15, -0.1) is 16.8 Å². The first-order valence-electron chi connectivity index (χ1n) is 9.76. The van der Waals surface area contributed by atoms with Gasteiger partial charge in [0.25, 0.3) is 5.91 Å². The number of carbonyl (C=O) groups excluding carboxylic acids is 2. The second-order valence-electron chi connectivity index (χ2n) is 6.90. The third-order valence-electron chi connectivity index (χ3n) is 4.43. The highest BCUT2D eigenvalue weighted by Crippen LogP contribution is 2.27. The number of halogens is 3. The van der Waals surface area contributed by atoms with Gasteiger partial charge < -0.3 is 15.2 Å². The molecule has 2 aromatic carbocycles. The summed E-state index contributed by atoms with van der Waals surface area (Å²) in [5, 5.41) is 15.4. The molecular formula is C22H20Br2ClN5O2S. The molecule has 1 aromatic heterocycles. The molecule has 0 spiro atoms. The summed E-state index contributed by atoms with van der Waals surface area (Å²) in [6.45, 7) is 6.05. The number of carbonyl (C=O) groups is 2. The van der Waals surface area contributed by atoms with Crippen LogP contribution in [-0.4, -0.2) is 32.3 Å². The quantitative estimate of drug-likeness (QED) is 0.233. The topological polar surface area (TPSA) is 88.9 Å². The summed E-state index contributed by atoms with van der Waals surface area (Å²) in [4.78, 5) is 25.0. The van der Waals surface area contributed by atoms with Crippen molar-refractivity contribution >= 4 is 72.7 Å². The number of aromatic nitrogens is 3. The second kappa shape index (κ2) is 11.8. The lowest BCUT2D eigenvalue weighted by Gasteiger charge is -2.15. The van der Waals surface area contributed by atoms with Gasteiger partial charge in [0, 0.05) is 26.1 Å². The number of amides is 2.